The van der Waals surface area contributed by atoms with Crippen LogP contribution in [0, 0.1) is 0 Å². The van der Waals surface area contributed by atoms with Gasteiger partial charge in [-0.05, 0) is 43.4 Å². The van der Waals surface area contributed by atoms with Gasteiger partial charge in [-0.1, -0.05) is 31.4 Å². The van der Waals surface area contributed by atoms with E-state index in [0.717, 1.165) is 25.0 Å². The van der Waals surface area contributed by atoms with Gasteiger partial charge in [0.1, 0.15) is 5.75 Å². The van der Waals surface area contributed by atoms with Gasteiger partial charge in [-0.2, -0.15) is 0 Å². The summed E-state index contributed by atoms with van der Waals surface area (Å²) in [5.41, 5.74) is 1.25. The summed E-state index contributed by atoms with van der Waals surface area (Å²) in [5, 5.41) is 10.2. The van der Waals surface area contributed by atoms with Crippen molar-refractivity contribution in [3.8, 4) is 5.75 Å². The minimum absolute atomic E-state index is 0.177. The summed E-state index contributed by atoms with van der Waals surface area (Å²) in [5.74, 6) is 1.28. The van der Waals surface area contributed by atoms with Gasteiger partial charge < -0.3 is 9.84 Å². The Balaban J connectivity index is 1.76. The van der Waals surface area contributed by atoms with Gasteiger partial charge in [0.15, 0.2) is 0 Å². The molecule has 0 spiro atoms. The summed E-state index contributed by atoms with van der Waals surface area (Å²) in [6.07, 6.45) is 8.35. The number of aliphatic hydroxyl groups excluding tert-OH is 1. The first-order valence-corrected chi connectivity index (χ1v) is 7.27. The molecule has 1 aromatic rings. The van der Waals surface area contributed by atoms with Crippen molar-refractivity contribution >= 4 is 0 Å². The summed E-state index contributed by atoms with van der Waals surface area (Å²) in [6.45, 7) is 0. The Bertz CT molecular complexity index is 398. The fourth-order valence-corrected chi connectivity index (χ4v) is 2.87. The molecular weight excluding hydrogens is 224 g/mol. The zero-order chi connectivity index (χ0) is 12.4. The maximum atomic E-state index is 10.2. The summed E-state index contributed by atoms with van der Waals surface area (Å²) in [6, 6.07) is 8.37. The SMILES string of the molecule is OC1CCCCCC1c1cccc(OC2CC2)c1. The third kappa shape index (κ3) is 2.86. The van der Waals surface area contributed by atoms with Crippen LogP contribution in [0.5, 0.6) is 5.75 Å². The molecule has 2 unspecified atom stereocenters. The van der Waals surface area contributed by atoms with E-state index in [1.807, 2.05) is 6.07 Å². The Morgan fingerprint density at radius 3 is 2.67 bits per heavy atom. The Morgan fingerprint density at radius 2 is 1.83 bits per heavy atom. The molecule has 0 bridgehead atoms. The first-order valence-electron chi connectivity index (χ1n) is 7.27. The number of rotatable bonds is 3. The van der Waals surface area contributed by atoms with Crippen LogP contribution < -0.4 is 4.74 Å². The molecule has 98 valence electrons. The highest BCUT2D eigenvalue weighted by atomic mass is 16.5. The van der Waals surface area contributed by atoms with Crippen molar-refractivity contribution in [1.82, 2.24) is 0 Å². The third-order valence-electron chi connectivity index (χ3n) is 4.09. The van der Waals surface area contributed by atoms with E-state index in [9.17, 15) is 5.11 Å². The molecule has 2 nitrogen and oxygen atoms in total. The third-order valence-corrected chi connectivity index (χ3v) is 4.09. The maximum Gasteiger partial charge on any atom is 0.120 e. The zero-order valence-electron chi connectivity index (χ0n) is 10.8. The quantitative estimate of drug-likeness (QED) is 0.825. The Hall–Kier alpha value is -1.02. The second-order valence-electron chi connectivity index (χ2n) is 5.70. The molecule has 0 saturated heterocycles. The lowest BCUT2D eigenvalue weighted by atomic mass is 9.89. The molecule has 0 aromatic heterocycles. The van der Waals surface area contributed by atoms with E-state index in [1.54, 1.807) is 0 Å². The summed E-state index contributed by atoms with van der Waals surface area (Å²) >= 11 is 0. The van der Waals surface area contributed by atoms with E-state index >= 15 is 0 Å². The molecular formula is C16H22O2. The molecule has 1 N–H and O–H groups in total. The molecule has 18 heavy (non-hydrogen) atoms. The summed E-state index contributed by atoms with van der Waals surface area (Å²) in [4.78, 5) is 0. The van der Waals surface area contributed by atoms with E-state index in [0.29, 0.717) is 12.0 Å². The summed E-state index contributed by atoms with van der Waals surface area (Å²) < 4.78 is 5.84. The second-order valence-corrected chi connectivity index (χ2v) is 5.70. The molecule has 0 heterocycles. The Kier molecular flexibility index (Phi) is 3.55. The van der Waals surface area contributed by atoms with Crippen LogP contribution in [0.25, 0.3) is 0 Å². The lowest BCUT2D eigenvalue weighted by Crippen LogP contribution is -2.16. The number of benzene rings is 1. The molecule has 2 aliphatic carbocycles. The van der Waals surface area contributed by atoms with Crippen molar-refractivity contribution in [3.05, 3.63) is 29.8 Å². The number of ether oxygens (including phenoxy) is 1. The standard InChI is InChI=1S/C16H22O2/c17-16-8-3-1-2-7-15(16)12-5-4-6-14(11-12)18-13-9-10-13/h4-6,11,13,15-17H,1-3,7-10H2. The molecule has 0 aliphatic heterocycles. The van der Waals surface area contributed by atoms with Gasteiger partial charge >= 0.3 is 0 Å². The predicted molar refractivity (Wildman–Crippen MR) is 71.9 cm³/mol. The highest BCUT2D eigenvalue weighted by Gasteiger charge is 2.25. The van der Waals surface area contributed by atoms with Crippen LogP contribution in [0.3, 0.4) is 0 Å². The van der Waals surface area contributed by atoms with Gasteiger partial charge in [0.05, 0.1) is 12.2 Å². The van der Waals surface area contributed by atoms with Crippen molar-refractivity contribution in [2.24, 2.45) is 0 Å². The van der Waals surface area contributed by atoms with Crippen molar-refractivity contribution in [2.75, 3.05) is 0 Å². The van der Waals surface area contributed by atoms with Gasteiger partial charge in [-0.3, -0.25) is 0 Å². The topological polar surface area (TPSA) is 29.5 Å². The van der Waals surface area contributed by atoms with Crippen LogP contribution in [0.1, 0.15) is 56.4 Å². The first-order chi connectivity index (χ1) is 8.83. The lowest BCUT2D eigenvalue weighted by Gasteiger charge is -2.21. The van der Waals surface area contributed by atoms with Gasteiger partial charge in [0.25, 0.3) is 0 Å². The van der Waals surface area contributed by atoms with Crippen LogP contribution in [-0.4, -0.2) is 17.3 Å². The molecule has 2 aliphatic rings. The van der Waals surface area contributed by atoms with Crippen LogP contribution in [0.15, 0.2) is 24.3 Å². The first kappa shape index (κ1) is 12.0. The van der Waals surface area contributed by atoms with Gasteiger partial charge in [-0.15, -0.1) is 0 Å². The summed E-state index contributed by atoms with van der Waals surface area (Å²) in [7, 11) is 0. The number of hydrogen-bond acceptors (Lipinski definition) is 2. The molecule has 2 fully saturated rings. The van der Waals surface area contributed by atoms with E-state index in [-0.39, 0.29) is 6.10 Å². The van der Waals surface area contributed by atoms with E-state index in [4.69, 9.17) is 4.74 Å². The molecule has 1 aromatic carbocycles. The normalized spacial score (nSPS) is 28.7. The van der Waals surface area contributed by atoms with E-state index in [2.05, 4.69) is 18.2 Å². The molecule has 0 amide bonds. The van der Waals surface area contributed by atoms with Crippen molar-refractivity contribution < 1.29 is 9.84 Å². The van der Waals surface area contributed by atoms with E-state index < -0.39 is 0 Å². The molecule has 3 rings (SSSR count). The van der Waals surface area contributed by atoms with E-state index in [1.165, 1.54) is 31.2 Å². The van der Waals surface area contributed by atoms with Crippen LogP contribution in [0.2, 0.25) is 0 Å². The van der Waals surface area contributed by atoms with Gasteiger partial charge in [-0.25, -0.2) is 0 Å². The fourth-order valence-electron chi connectivity index (χ4n) is 2.87. The van der Waals surface area contributed by atoms with Crippen molar-refractivity contribution in [1.29, 1.82) is 0 Å². The molecule has 2 atom stereocenters. The van der Waals surface area contributed by atoms with Crippen molar-refractivity contribution in [2.45, 2.75) is 63.1 Å². The van der Waals surface area contributed by atoms with Crippen molar-refractivity contribution in [3.63, 3.8) is 0 Å². The van der Waals surface area contributed by atoms with Crippen LogP contribution in [0.4, 0.5) is 0 Å². The van der Waals surface area contributed by atoms with Gasteiger partial charge in [0.2, 0.25) is 0 Å². The maximum absolute atomic E-state index is 10.2. The number of aliphatic hydroxyl groups is 1. The second kappa shape index (κ2) is 5.31. The smallest absolute Gasteiger partial charge is 0.120 e. The molecule has 0 radical (unpaired) electrons. The lowest BCUT2D eigenvalue weighted by molar-refractivity contribution is 0.135. The minimum Gasteiger partial charge on any atom is -0.490 e. The highest BCUT2D eigenvalue weighted by Crippen LogP contribution is 2.34. The fraction of sp³-hybridized carbons (Fsp3) is 0.625. The predicted octanol–water partition coefficient (Wildman–Crippen LogP) is 3.64. The Labute approximate surface area is 109 Å². The average molecular weight is 246 g/mol. The monoisotopic (exact) mass is 246 g/mol. The van der Waals surface area contributed by atoms with Crippen LogP contribution in [-0.2, 0) is 0 Å². The minimum atomic E-state index is -0.177. The van der Waals surface area contributed by atoms with Crippen LogP contribution >= 0.6 is 0 Å². The number of hydrogen-bond donors (Lipinski definition) is 1. The Morgan fingerprint density at radius 1 is 1.00 bits per heavy atom. The van der Waals surface area contributed by atoms with Gasteiger partial charge in [0, 0.05) is 5.92 Å². The molecule has 2 saturated carbocycles. The average Bonchev–Trinajstić information content (AvgIpc) is 3.18. The largest absolute Gasteiger partial charge is 0.490 e. The highest BCUT2D eigenvalue weighted by molar-refractivity contribution is 5.32. The molecule has 2 heteroatoms. The zero-order valence-corrected chi connectivity index (χ0v) is 10.8.